The van der Waals surface area contributed by atoms with Gasteiger partial charge in [0.15, 0.2) is 0 Å². The van der Waals surface area contributed by atoms with Gasteiger partial charge in [-0.2, -0.15) is 0 Å². The van der Waals surface area contributed by atoms with E-state index in [1.807, 2.05) is 36.0 Å². The number of carbonyl (C=O) groups is 1. The number of benzene rings is 1. The Kier molecular flexibility index (Phi) is 2.93. The van der Waals surface area contributed by atoms with Gasteiger partial charge in [0.25, 0.3) is 0 Å². The Morgan fingerprint density at radius 3 is 2.68 bits per heavy atom. The van der Waals surface area contributed by atoms with Crippen LogP contribution in [0.3, 0.4) is 0 Å². The second-order valence-corrected chi connectivity index (χ2v) is 6.27. The van der Waals surface area contributed by atoms with E-state index in [0.29, 0.717) is 0 Å². The zero-order valence-electron chi connectivity index (χ0n) is 10.8. The molecule has 100 valence electrons. The maximum absolute atomic E-state index is 11.7. The van der Waals surface area contributed by atoms with Gasteiger partial charge < -0.3 is 9.67 Å². The molecule has 0 amide bonds. The largest absolute Gasteiger partial charge is 0.481 e. The van der Waals surface area contributed by atoms with Crippen LogP contribution in [0.4, 0.5) is 0 Å². The van der Waals surface area contributed by atoms with Crippen LogP contribution in [0, 0.1) is 0 Å². The average molecular weight is 322 g/mol. The van der Waals surface area contributed by atoms with E-state index in [4.69, 9.17) is 0 Å². The molecule has 4 heteroatoms. The maximum Gasteiger partial charge on any atom is 0.314 e. The molecular weight excluding hydrogens is 306 g/mol. The topological polar surface area (TPSA) is 42.2 Å². The highest BCUT2D eigenvalue weighted by atomic mass is 79.9. The molecule has 0 radical (unpaired) electrons. The number of carboxylic acid groups (broad SMARTS) is 1. The molecule has 0 unspecified atom stereocenters. The van der Waals surface area contributed by atoms with Crippen LogP contribution in [-0.2, 0) is 17.3 Å². The highest BCUT2D eigenvalue weighted by Gasteiger charge is 2.42. The number of halogens is 1. The lowest BCUT2D eigenvalue weighted by atomic mass is 9.78. The van der Waals surface area contributed by atoms with Gasteiger partial charge in [-0.05, 0) is 46.5 Å². The van der Waals surface area contributed by atoms with Crippen molar-refractivity contribution in [2.24, 2.45) is 7.05 Å². The molecule has 0 aliphatic heterocycles. The summed E-state index contributed by atoms with van der Waals surface area (Å²) in [5.74, 6) is -0.684. The quantitative estimate of drug-likeness (QED) is 0.913. The summed E-state index contributed by atoms with van der Waals surface area (Å²) < 4.78 is 3.07. The van der Waals surface area contributed by atoms with Gasteiger partial charge in [0, 0.05) is 28.6 Å². The van der Waals surface area contributed by atoms with Crippen LogP contribution in [0.25, 0.3) is 10.9 Å². The molecule has 0 spiro atoms. The summed E-state index contributed by atoms with van der Waals surface area (Å²) in [7, 11) is 2.00. The van der Waals surface area contributed by atoms with Crippen LogP contribution in [-0.4, -0.2) is 15.6 Å². The standard InChI is InChI=1S/C15H16BrNO2/c1-17-9-12(16)11-8-10(4-5-13(11)17)15(14(18)19)6-2-3-7-15/h4-5,8-9H,2-3,6-7H2,1H3,(H,18,19). The first-order chi connectivity index (χ1) is 9.04. The van der Waals surface area contributed by atoms with Crippen molar-refractivity contribution in [2.75, 3.05) is 0 Å². The van der Waals surface area contributed by atoms with Crippen molar-refractivity contribution in [1.82, 2.24) is 4.57 Å². The van der Waals surface area contributed by atoms with Crippen molar-refractivity contribution in [1.29, 1.82) is 0 Å². The van der Waals surface area contributed by atoms with Gasteiger partial charge in [-0.25, -0.2) is 0 Å². The third kappa shape index (κ3) is 1.81. The van der Waals surface area contributed by atoms with Gasteiger partial charge in [0.05, 0.1) is 5.41 Å². The fourth-order valence-electron chi connectivity index (χ4n) is 3.25. The summed E-state index contributed by atoms with van der Waals surface area (Å²) in [5.41, 5.74) is 1.38. The molecule has 1 N–H and O–H groups in total. The Morgan fingerprint density at radius 2 is 2.05 bits per heavy atom. The van der Waals surface area contributed by atoms with Crippen molar-refractivity contribution >= 4 is 32.8 Å². The first-order valence-corrected chi connectivity index (χ1v) is 7.32. The summed E-state index contributed by atoms with van der Waals surface area (Å²) in [4.78, 5) is 11.7. The monoisotopic (exact) mass is 321 g/mol. The van der Waals surface area contributed by atoms with Gasteiger partial charge >= 0.3 is 5.97 Å². The lowest BCUT2D eigenvalue weighted by molar-refractivity contribution is -0.143. The van der Waals surface area contributed by atoms with Gasteiger partial charge in [-0.1, -0.05) is 18.9 Å². The summed E-state index contributed by atoms with van der Waals surface area (Å²) in [5, 5.41) is 10.7. The molecule has 0 atom stereocenters. The lowest BCUT2D eigenvalue weighted by Crippen LogP contribution is -2.32. The number of hydrogen-bond donors (Lipinski definition) is 1. The zero-order chi connectivity index (χ0) is 13.6. The number of aryl methyl sites for hydroxylation is 1. The fraction of sp³-hybridized carbons (Fsp3) is 0.400. The first-order valence-electron chi connectivity index (χ1n) is 6.53. The van der Waals surface area contributed by atoms with Crippen LogP contribution in [0.2, 0.25) is 0 Å². The van der Waals surface area contributed by atoms with E-state index in [1.165, 1.54) is 0 Å². The van der Waals surface area contributed by atoms with Crippen molar-refractivity contribution in [2.45, 2.75) is 31.1 Å². The number of aliphatic carboxylic acids is 1. The number of hydrogen-bond acceptors (Lipinski definition) is 1. The molecule has 1 aliphatic rings. The Bertz CT molecular complexity index is 653. The first kappa shape index (κ1) is 12.7. The molecule has 3 rings (SSSR count). The van der Waals surface area contributed by atoms with Gasteiger partial charge in [-0.15, -0.1) is 0 Å². The molecular formula is C15H16BrNO2. The van der Waals surface area contributed by atoms with Crippen LogP contribution < -0.4 is 0 Å². The zero-order valence-corrected chi connectivity index (χ0v) is 12.4. The number of nitrogens with zero attached hydrogens (tertiary/aromatic N) is 1. The van der Waals surface area contributed by atoms with Crippen LogP contribution in [0.15, 0.2) is 28.9 Å². The minimum absolute atomic E-state index is 0.677. The maximum atomic E-state index is 11.7. The van der Waals surface area contributed by atoms with E-state index in [0.717, 1.165) is 46.6 Å². The number of carboxylic acids is 1. The molecule has 1 aliphatic carbocycles. The van der Waals surface area contributed by atoms with Crippen molar-refractivity contribution < 1.29 is 9.90 Å². The fourth-order valence-corrected chi connectivity index (χ4v) is 3.87. The van der Waals surface area contributed by atoms with Crippen LogP contribution in [0.5, 0.6) is 0 Å². The molecule has 1 fully saturated rings. The Balaban J connectivity index is 2.20. The summed E-state index contributed by atoms with van der Waals surface area (Å²) in [6.45, 7) is 0. The van der Waals surface area contributed by atoms with Crippen molar-refractivity contribution in [3.63, 3.8) is 0 Å². The predicted octanol–water partition coefficient (Wildman–Crippen LogP) is 3.84. The van der Waals surface area contributed by atoms with E-state index in [1.54, 1.807) is 0 Å². The highest BCUT2D eigenvalue weighted by molar-refractivity contribution is 9.10. The second kappa shape index (κ2) is 4.37. The van der Waals surface area contributed by atoms with Crippen LogP contribution in [0.1, 0.15) is 31.2 Å². The molecule has 0 bridgehead atoms. The number of aromatic nitrogens is 1. The smallest absolute Gasteiger partial charge is 0.314 e. The van der Waals surface area contributed by atoms with E-state index >= 15 is 0 Å². The van der Waals surface area contributed by atoms with Crippen LogP contribution >= 0.6 is 15.9 Å². The molecule has 19 heavy (non-hydrogen) atoms. The average Bonchev–Trinajstić information content (AvgIpc) is 2.97. The Labute approximate surface area is 120 Å². The molecule has 0 saturated heterocycles. The molecule has 1 aromatic heterocycles. The highest BCUT2D eigenvalue weighted by Crippen LogP contribution is 2.42. The molecule has 3 nitrogen and oxygen atoms in total. The van der Waals surface area contributed by atoms with Crippen molar-refractivity contribution in [3.8, 4) is 0 Å². The van der Waals surface area contributed by atoms with Gasteiger partial charge in [-0.3, -0.25) is 4.79 Å². The third-order valence-corrected chi connectivity index (χ3v) is 4.99. The third-order valence-electron chi connectivity index (χ3n) is 4.36. The SMILES string of the molecule is Cn1cc(Br)c2cc(C3(C(=O)O)CCCC3)ccc21. The summed E-state index contributed by atoms with van der Waals surface area (Å²) >= 11 is 3.55. The Morgan fingerprint density at radius 1 is 1.37 bits per heavy atom. The molecule has 1 saturated carbocycles. The summed E-state index contributed by atoms with van der Waals surface area (Å²) in [6.07, 6.45) is 5.51. The summed E-state index contributed by atoms with van der Waals surface area (Å²) in [6, 6.07) is 6.05. The number of fused-ring (bicyclic) bond motifs is 1. The molecule has 2 aromatic rings. The van der Waals surface area contributed by atoms with E-state index in [-0.39, 0.29) is 0 Å². The minimum Gasteiger partial charge on any atom is -0.481 e. The lowest BCUT2D eigenvalue weighted by Gasteiger charge is -2.24. The molecule has 1 heterocycles. The second-order valence-electron chi connectivity index (χ2n) is 5.41. The van der Waals surface area contributed by atoms with Gasteiger partial charge in [0.1, 0.15) is 0 Å². The van der Waals surface area contributed by atoms with E-state index < -0.39 is 11.4 Å². The minimum atomic E-state index is -0.684. The number of rotatable bonds is 2. The van der Waals surface area contributed by atoms with Crippen molar-refractivity contribution in [3.05, 3.63) is 34.4 Å². The normalized spacial score (nSPS) is 18.0. The van der Waals surface area contributed by atoms with E-state index in [9.17, 15) is 9.90 Å². The predicted molar refractivity (Wildman–Crippen MR) is 78.4 cm³/mol. The van der Waals surface area contributed by atoms with Gasteiger partial charge in [0.2, 0.25) is 0 Å². The molecule has 1 aromatic carbocycles. The Hall–Kier alpha value is -1.29. The van der Waals surface area contributed by atoms with E-state index in [2.05, 4.69) is 15.9 Å².